The maximum Gasteiger partial charge on any atom is 0.330 e. The lowest BCUT2D eigenvalue weighted by Crippen LogP contribution is -1.94. The molecule has 0 aliphatic heterocycles. The summed E-state index contributed by atoms with van der Waals surface area (Å²) in [4.78, 5) is 10.9. The van der Waals surface area contributed by atoms with Gasteiger partial charge >= 0.3 is 5.97 Å². The van der Waals surface area contributed by atoms with Crippen LogP contribution in [0.25, 0.3) is 6.08 Å². The first-order valence-corrected chi connectivity index (χ1v) is 5.23. The number of methoxy groups -OCH3 is 1. The molecular weight excluding hydrogens is 232 g/mol. The Hall–Kier alpha value is -2.45. The Kier molecular flexibility index (Phi) is 5.29. The van der Waals surface area contributed by atoms with E-state index in [1.54, 1.807) is 24.3 Å². The monoisotopic (exact) mass is 246 g/mol. The van der Waals surface area contributed by atoms with E-state index in [0.717, 1.165) is 0 Å². The van der Waals surface area contributed by atoms with E-state index in [1.807, 2.05) is 0 Å². The molecule has 0 saturated heterocycles. The normalized spacial score (nSPS) is 9.83. The van der Waals surface area contributed by atoms with Gasteiger partial charge < -0.3 is 14.6 Å². The molecule has 4 nitrogen and oxygen atoms in total. The predicted octanol–water partition coefficient (Wildman–Crippen LogP) is 2.30. The van der Waals surface area contributed by atoms with Gasteiger partial charge in [0, 0.05) is 6.08 Å². The number of benzene rings is 1. The molecular formula is C14H14O4. The van der Waals surface area contributed by atoms with Crippen LogP contribution in [0.4, 0.5) is 0 Å². The minimum absolute atomic E-state index is 0.000483. The summed E-state index contributed by atoms with van der Waals surface area (Å²) in [6, 6.07) is 4.82. The van der Waals surface area contributed by atoms with Crippen LogP contribution in [0.3, 0.4) is 0 Å². The average Bonchev–Trinajstić information content (AvgIpc) is 2.38. The molecule has 0 aliphatic carbocycles. The number of aromatic hydroxyl groups is 1. The zero-order valence-electron chi connectivity index (χ0n) is 10.1. The molecule has 0 aliphatic rings. The fraction of sp³-hybridized carbons (Fsp3) is 0.143. The molecule has 1 rings (SSSR count). The highest BCUT2D eigenvalue weighted by Gasteiger charge is 2.02. The number of carbonyl (C=O) groups is 1. The van der Waals surface area contributed by atoms with E-state index in [0.29, 0.717) is 11.3 Å². The van der Waals surface area contributed by atoms with E-state index in [-0.39, 0.29) is 12.4 Å². The Morgan fingerprint density at radius 3 is 2.94 bits per heavy atom. The fourth-order valence-electron chi connectivity index (χ4n) is 1.18. The van der Waals surface area contributed by atoms with E-state index >= 15 is 0 Å². The van der Waals surface area contributed by atoms with Crippen molar-refractivity contribution in [3.8, 4) is 11.5 Å². The molecule has 0 amide bonds. The van der Waals surface area contributed by atoms with E-state index < -0.39 is 5.97 Å². The molecule has 94 valence electrons. The third-order valence-electron chi connectivity index (χ3n) is 2.06. The zero-order chi connectivity index (χ0) is 13.4. The van der Waals surface area contributed by atoms with E-state index in [1.165, 1.54) is 19.3 Å². The molecule has 1 N–H and O–H groups in total. The second-order valence-corrected chi connectivity index (χ2v) is 3.30. The first-order chi connectivity index (χ1) is 8.67. The highest BCUT2D eigenvalue weighted by Crippen LogP contribution is 2.27. The highest BCUT2D eigenvalue weighted by molar-refractivity contribution is 5.87. The van der Waals surface area contributed by atoms with Crippen LogP contribution in [0, 0.1) is 0 Å². The lowest BCUT2D eigenvalue weighted by atomic mass is 10.2. The Labute approximate surface area is 105 Å². The number of phenolic OH excluding ortho intramolecular Hbond substituents is 1. The van der Waals surface area contributed by atoms with Crippen molar-refractivity contribution in [1.29, 1.82) is 0 Å². The molecule has 0 spiro atoms. The number of carbonyl (C=O) groups excluding carboxylic acids is 1. The molecule has 0 aromatic heterocycles. The third-order valence-corrected chi connectivity index (χ3v) is 2.06. The highest BCUT2D eigenvalue weighted by atomic mass is 16.5. The first-order valence-electron chi connectivity index (χ1n) is 5.23. The summed E-state index contributed by atoms with van der Waals surface area (Å²) in [5.74, 6) is -0.0952. The molecule has 1 aromatic carbocycles. The van der Waals surface area contributed by atoms with Gasteiger partial charge in [0.15, 0.2) is 11.5 Å². The van der Waals surface area contributed by atoms with Crippen molar-refractivity contribution < 1.29 is 19.4 Å². The number of ether oxygens (including phenoxy) is 2. The summed E-state index contributed by atoms with van der Waals surface area (Å²) >= 11 is 0. The number of rotatable bonds is 5. The van der Waals surface area contributed by atoms with Crippen molar-refractivity contribution in [2.24, 2.45) is 0 Å². The summed E-state index contributed by atoms with van der Waals surface area (Å²) < 4.78 is 9.72. The van der Waals surface area contributed by atoms with Gasteiger partial charge in [-0.3, -0.25) is 0 Å². The summed E-state index contributed by atoms with van der Waals surface area (Å²) in [6.45, 7) is 3.69. The minimum atomic E-state index is -0.453. The maximum atomic E-state index is 10.9. The zero-order valence-corrected chi connectivity index (χ0v) is 10.1. The lowest BCUT2D eigenvalue weighted by molar-refractivity contribution is -0.134. The Morgan fingerprint density at radius 2 is 2.33 bits per heavy atom. The van der Waals surface area contributed by atoms with Gasteiger partial charge in [0.25, 0.3) is 0 Å². The van der Waals surface area contributed by atoms with Gasteiger partial charge in [0.1, 0.15) is 6.61 Å². The van der Waals surface area contributed by atoms with Crippen LogP contribution in [-0.2, 0) is 9.53 Å². The van der Waals surface area contributed by atoms with Crippen molar-refractivity contribution >= 4 is 12.0 Å². The lowest BCUT2D eigenvalue weighted by Gasteiger charge is -2.05. The Morgan fingerprint density at radius 1 is 1.56 bits per heavy atom. The maximum absolute atomic E-state index is 10.9. The van der Waals surface area contributed by atoms with Crippen LogP contribution in [-0.4, -0.2) is 24.8 Å². The first kappa shape index (κ1) is 13.6. The molecule has 0 unspecified atom stereocenters. The van der Waals surface area contributed by atoms with Crippen LogP contribution in [0.15, 0.2) is 42.7 Å². The second kappa shape index (κ2) is 6.99. The number of phenols is 1. The summed E-state index contributed by atoms with van der Waals surface area (Å²) in [5, 5.41) is 9.69. The van der Waals surface area contributed by atoms with Gasteiger partial charge in [-0.05, 0) is 29.8 Å². The van der Waals surface area contributed by atoms with E-state index in [4.69, 9.17) is 4.74 Å². The van der Waals surface area contributed by atoms with Crippen LogP contribution < -0.4 is 4.74 Å². The van der Waals surface area contributed by atoms with Gasteiger partial charge in [-0.2, -0.15) is 0 Å². The van der Waals surface area contributed by atoms with Crippen LogP contribution in [0.1, 0.15) is 5.56 Å². The molecule has 0 fully saturated rings. The van der Waals surface area contributed by atoms with Gasteiger partial charge in [-0.15, -0.1) is 5.73 Å². The fourth-order valence-corrected chi connectivity index (χ4v) is 1.18. The van der Waals surface area contributed by atoms with Gasteiger partial charge in [-0.1, -0.05) is 12.6 Å². The Bertz CT molecular complexity index is 497. The van der Waals surface area contributed by atoms with Crippen LogP contribution in [0.2, 0.25) is 0 Å². The minimum Gasteiger partial charge on any atom is -0.504 e. The summed E-state index contributed by atoms with van der Waals surface area (Å²) in [5.41, 5.74) is 3.23. The molecule has 4 heteroatoms. The molecule has 0 atom stereocenters. The van der Waals surface area contributed by atoms with Crippen molar-refractivity contribution in [3.05, 3.63) is 48.2 Å². The van der Waals surface area contributed by atoms with E-state index in [9.17, 15) is 9.90 Å². The molecule has 1 aromatic rings. The average molecular weight is 246 g/mol. The second-order valence-electron chi connectivity index (χ2n) is 3.30. The van der Waals surface area contributed by atoms with Gasteiger partial charge in [0.05, 0.1) is 7.11 Å². The Balaban J connectivity index is 2.75. The molecule has 0 radical (unpaired) electrons. The molecule has 0 bridgehead atoms. The van der Waals surface area contributed by atoms with Crippen molar-refractivity contribution in [2.45, 2.75) is 0 Å². The molecule has 0 saturated carbocycles. The number of hydrogen-bond donors (Lipinski definition) is 1. The van der Waals surface area contributed by atoms with Crippen molar-refractivity contribution in [2.75, 3.05) is 13.7 Å². The summed E-state index contributed by atoms with van der Waals surface area (Å²) in [6.07, 6.45) is 4.42. The van der Waals surface area contributed by atoms with Crippen molar-refractivity contribution in [3.63, 3.8) is 0 Å². The smallest absolute Gasteiger partial charge is 0.330 e. The standard InChI is InChI=1S/C14H14O4/c1-3-4-9-18-13-7-5-11(10-12(13)15)6-8-14(16)17-2/h4-8,10,15H,1,9H2,2H3/b8-6+. The van der Waals surface area contributed by atoms with Gasteiger partial charge in [-0.25, -0.2) is 4.79 Å². The van der Waals surface area contributed by atoms with E-state index in [2.05, 4.69) is 17.0 Å². The third kappa shape index (κ3) is 4.20. The topological polar surface area (TPSA) is 55.8 Å². The van der Waals surface area contributed by atoms with Crippen molar-refractivity contribution in [1.82, 2.24) is 0 Å². The van der Waals surface area contributed by atoms with Gasteiger partial charge in [0.2, 0.25) is 0 Å². The van der Waals surface area contributed by atoms with Crippen LogP contribution >= 0.6 is 0 Å². The molecule has 18 heavy (non-hydrogen) atoms. The number of hydrogen-bond acceptors (Lipinski definition) is 4. The molecule has 0 heterocycles. The van der Waals surface area contributed by atoms with Crippen LogP contribution in [0.5, 0.6) is 11.5 Å². The quantitative estimate of drug-likeness (QED) is 0.492. The predicted molar refractivity (Wildman–Crippen MR) is 68.4 cm³/mol. The largest absolute Gasteiger partial charge is 0.504 e. The summed E-state index contributed by atoms with van der Waals surface area (Å²) in [7, 11) is 1.30. The SMILES string of the molecule is C=C=CCOc1ccc(/C=C/C(=O)OC)cc1O. The number of esters is 1.